The van der Waals surface area contributed by atoms with E-state index in [2.05, 4.69) is 10.6 Å². The van der Waals surface area contributed by atoms with Crippen molar-refractivity contribution in [3.8, 4) is 0 Å². The molecule has 3 aromatic rings. The van der Waals surface area contributed by atoms with Crippen molar-refractivity contribution in [1.82, 2.24) is 0 Å². The van der Waals surface area contributed by atoms with Crippen LogP contribution >= 0.6 is 0 Å². The van der Waals surface area contributed by atoms with Crippen LogP contribution < -0.4 is 10.6 Å². The Hall–Kier alpha value is -3.34. The maximum Gasteiger partial charge on any atom is 0.291 e. The summed E-state index contributed by atoms with van der Waals surface area (Å²) in [5.41, 5.74) is 4.16. The van der Waals surface area contributed by atoms with Crippen LogP contribution in [0.1, 0.15) is 27.2 Å². The van der Waals surface area contributed by atoms with Gasteiger partial charge in [-0.3, -0.25) is 9.59 Å². The van der Waals surface area contributed by atoms with Crippen molar-refractivity contribution in [1.29, 1.82) is 0 Å². The molecule has 5 nitrogen and oxygen atoms in total. The molecular weight excluding hydrogens is 328 g/mol. The average molecular weight is 348 g/mol. The van der Waals surface area contributed by atoms with Crippen LogP contribution in [0.25, 0.3) is 0 Å². The Morgan fingerprint density at radius 3 is 1.92 bits per heavy atom. The molecule has 2 aromatic carbocycles. The topological polar surface area (TPSA) is 71.3 Å². The van der Waals surface area contributed by atoms with Crippen molar-refractivity contribution in [3.05, 3.63) is 83.3 Å². The number of furan rings is 1. The molecular formula is C21H20N2O3. The van der Waals surface area contributed by atoms with E-state index in [1.54, 1.807) is 6.07 Å². The number of anilines is 2. The van der Waals surface area contributed by atoms with Crippen LogP contribution in [0.15, 0.2) is 65.3 Å². The highest BCUT2D eigenvalue weighted by atomic mass is 16.3. The lowest BCUT2D eigenvalue weighted by Gasteiger charge is -2.07. The summed E-state index contributed by atoms with van der Waals surface area (Å²) in [6, 6.07) is 16.6. The van der Waals surface area contributed by atoms with E-state index in [4.69, 9.17) is 4.42 Å². The van der Waals surface area contributed by atoms with Gasteiger partial charge in [-0.25, -0.2) is 0 Å². The molecule has 0 atom stereocenters. The summed E-state index contributed by atoms with van der Waals surface area (Å²) >= 11 is 0. The summed E-state index contributed by atoms with van der Waals surface area (Å²) in [7, 11) is 0. The second-order valence-corrected chi connectivity index (χ2v) is 6.19. The Morgan fingerprint density at radius 1 is 0.808 bits per heavy atom. The molecule has 5 heteroatoms. The maximum absolute atomic E-state index is 12.4. The molecule has 0 unspecified atom stereocenters. The van der Waals surface area contributed by atoms with Gasteiger partial charge in [-0.05, 0) is 44.2 Å². The van der Waals surface area contributed by atoms with E-state index in [0.717, 1.165) is 16.8 Å². The number of amides is 2. The summed E-state index contributed by atoms with van der Waals surface area (Å²) in [6.07, 6.45) is 1.47. The molecule has 0 aliphatic rings. The Morgan fingerprint density at radius 2 is 1.35 bits per heavy atom. The van der Waals surface area contributed by atoms with Crippen molar-refractivity contribution >= 4 is 23.2 Å². The number of hydrogen-bond acceptors (Lipinski definition) is 3. The van der Waals surface area contributed by atoms with Gasteiger partial charge in [-0.15, -0.1) is 0 Å². The molecule has 132 valence electrons. The predicted molar refractivity (Wildman–Crippen MR) is 101 cm³/mol. The fourth-order valence-corrected chi connectivity index (χ4v) is 2.51. The van der Waals surface area contributed by atoms with Crippen LogP contribution in [0, 0.1) is 13.8 Å². The third-order valence-corrected chi connectivity index (χ3v) is 3.95. The summed E-state index contributed by atoms with van der Waals surface area (Å²) in [6.45, 7) is 3.96. The van der Waals surface area contributed by atoms with Crippen LogP contribution in [0.2, 0.25) is 0 Å². The first-order valence-electron chi connectivity index (χ1n) is 8.32. The van der Waals surface area contributed by atoms with Crippen LogP contribution in [0.5, 0.6) is 0 Å². The number of nitrogens with one attached hydrogen (secondary N) is 2. The smallest absolute Gasteiger partial charge is 0.291 e. The highest BCUT2D eigenvalue weighted by molar-refractivity contribution is 6.04. The SMILES string of the molecule is Cc1ccc(NC(=O)Cc2ccoc2C(=O)Nc2ccc(C)cc2)cc1. The van der Waals surface area contributed by atoms with Crippen LogP contribution in [0.3, 0.4) is 0 Å². The molecule has 0 saturated heterocycles. The number of benzene rings is 2. The molecule has 0 aliphatic carbocycles. The third kappa shape index (κ3) is 4.39. The van der Waals surface area contributed by atoms with Gasteiger partial charge in [0.05, 0.1) is 12.7 Å². The van der Waals surface area contributed by atoms with Gasteiger partial charge in [0, 0.05) is 16.9 Å². The number of hydrogen-bond donors (Lipinski definition) is 2. The Kier molecular flexibility index (Phi) is 5.17. The largest absolute Gasteiger partial charge is 0.459 e. The van der Waals surface area contributed by atoms with E-state index in [-0.39, 0.29) is 24.0 Å². The highest BCUT2D eigenvalue weighted by Crippen LogP contribution is 2.16. The monoisotopic (exact) mass is 348 g/mol. The van der Waals surface area contributed by atoms with Crippen molar-refractivity contribution in [3.63, 3.8) is 0 Å². The van der Waals surface area contributed by atoms with Crippen molar-refractivity contribution < 1.29 is 14.0 Å². The van der Waals surface area contributed by atoms with E-state index in [1.807, 2.05) is 62.4 Å². The molecule has 0 fully saturated rings. The van der Waals surface area contributed by atoms with Gasteiger partial charge in [-0.1, -0.05) is 35.4 Å². The molecule has 0 aliphatic heterocycles. The van der Waals surface area contributed by atoms with Crippen LogP contribution in [-0.2, 0) is 11.2 Å². The van der Waals surface area contributed by atoms with Crippen molar-refractivity contribution in [2.45, 2.75) is 20.3 Å². The first kappa shape index (κ1) is 17.5. The van der Waals surface area contributed by atoms with E-state index < -0.39 is 0 Å². The van der Waals surface area contributed by atoms with E-state index in [0.29, 0.717) is 11.3 Å². The van der Waals surface area contributed by atoms with Gasteiger partial charge >= 0.3 is 0 Å². The number of carbonyl (C=O) groups excluding carboxylic acids is 2. The van der Waals surface area contributed by atoms with Crippen LogP contribution in [0.4, 0.5) is 11.4 Å². The van der Waals surface area contributed by atoms with E-state index in [1.165, 1.54) is 6.26 Å². The quantitative estimate of drug-likeness (QED) is 0.721. The van der Waals surface area contributed by atoms with Gasteiger partial charge in [0.25, 0.3) is 5.91 Å². The number of rotatable bonds is 5. The Labute approximate surface area is 152 Å². The highest BCUT2D eigenvalue weighted by Gasteiger charge is 2.18. The Bertz CT molecular complexity index is 909. The molecule has 1 aromatic heterocycles. The minimum atomic E-state index is -0.378. The standard InChI is InChI=1S/C21H20N2O3/c1-14-3-7-17(8-4-14)22-19(24)13-16-11-12-26-20(16)21(25)23-18-9-5-15(2)6-10-18/h3-12H,13H2,1-2H3,(H,22,24)(H,23,25). The first-order valence-corrected chi connectivity index (χ1v) is 8.32. The maximum atomic E-state index is 12.4. The Balaban J connectivity index is 1.65. The average Bonchev–Trinajstić information content (AvgIpc) is 3.07. The summed E-state index contributed by atoms with van der Waals surface area (Å²) in [5, 5.41) is 5.59. The molecule has 0 bridgehead atoms. The van der Waals surface area contributed by atoms with Gasteiger partial charge in [-0.2, -0.15) is 0 Å². The van der Waals surface area contributed by atoms with E-state index >= 15 is 0 Å². The zero-order valence-electron chi connectivity index (χ0n) is 14.7. The second kappa shape index (κ2) is 7.70. The molecule has 2 amide bonds. The zero-order chi connectivity index (χ0) is 18.5. The minimum Gasteiger partial charge on any atom is -0.459 e. The number of aryl methyl sites for hydroxylation is 2. The fourth-order valence-electron chi connectivity index (χ4n) is 2.51. The van der Waals surface area contributed by atoms with Gasteiger partial charge in [0.15, 0.2) is 5.76 Å². The lowest BCUT2D eigenvalue weighted by atomic mass is 10.1. The van der Waals surface area contributed by atoms with Crippen molar-refractivity contribution in [2.75, 3.05) is 10.6 Å². The van der Waals surface area contributed by atoms with Crippen LogP contribution in [-0.4, -0.2) is 11.8 Å². The zero-order valence-corrected chi connectivity index (χ0v) is 14.7. The summed E-state index contributed by atoms with van der Waals surface area (Å²) in [5.74, 6) is -0.443. The lowest BCUT2D eigenvalue weighted by Crippen LogP contribution is -2.18. The summed E-state index contributed by atoms with van der Waals surface area (Å²) < 4.78 is 5.30. The van der Waals surface area contributed by atoms with Gasteiger partial charge < -0.3 is 15.1 Å². The molecule has 2 N–H and O–H groups in total. The lowest BCUT2D eigenvalue weighted by molar-refractivity contribution is -0.115. The van der Waals surface area contributed by atoms with Gasteiger partial charge in [0.2, 0.25) is 5.91 Å². The normalized spacial score (nSPS) is 10.4. The van der Waals surface area contributed by atoms with Gasteiger partial charge in [0.1, 0.15) is 0 Å². The van der Waals surface area contributed by atoms with E-state index in [9.17, 15) is 9.59 Å². The molecule has 1 heterocycles. The van der Waals surface area contributed by atoms with Crippen molar-refractivity contribution in [2.24, 2.45) is 0 Å². The fraction of sp³-hybridized carbons (Fsp3) is 0.143. The second-order valence-electron chi connectivity index (χ2n) is 6.19. The molecule has 0 spiro atoms. The molecule has 0 radical (unpaired) electrons. The number of carbonyl (C=O) groups is 2. The summed E-state index contributed by atoms with van der Waals surface area (Å²) in [4.78, 5) is 24.7. The first-order chi connectivity index (χ1) is 12.5. The predicted octanol–water partition coefficient (Wildman–Crippen LogP) is 4.33. The molecule has 0 saturated carbocycles. The third-order valence-electron chi connectivity index (χ3n) is 3.95. The molecule has 26 heavy (non-hydrogen) atoms. The minimum absolute atomic E-state index is 0.0566. The molecule has 3 rings (SSSR count).